The summed E-state index contributed by atoms with van der Waals surface area (Å²) in [5.41, 5.74) is 1.71. The van der Waals surface area contributed by atoms with Gasteiger partial charge in [-0.25, -0.2) is 0 Å². The summed E-state index contributed by atoms with van der Waals surface area (Å²) >= 11 is 3.45. The molecule has 1 amide bonds. The zero-order chi connectivity index (χ0) is 16.7. The Kier molecular flexibility index (Phi) is 4.19. The number of fused-ring (bicyclic) bond motifs is 1. The maximum atomic E-state index is 12.7. The molecule has 1 aliphatic heterocycles. The minimum atomic E-state index is -0.850. The van der Waals surface area contributed by atoms with Crippen LogP contribution in [-0.4, -0.2) is 35.0 Å². The lowest BCUT2D eigenvalue weighted by molar-refractivity contribution is -0.143. The van der Waals surface area contributed by atoms with Crippen LogP contribution in [-0.2, 0) is 4.79 Å². The van der Waals surface area contributed by atoms with Gasteiger partial charge in [-0.3, -0.25) is 9.59 Å². The average molecular weight is 380 g/mol. The van der Waals surface area contributed by atoms with Crippen LogP contribution in [0.2, 0.25) is 0 Å². The monoisotopic (exact) mass is 379 g/mol. The number of carboxylic acids is 1. The van der Waals surface area contributed by atoms with E-state index in [4.69, 9.17) is 4.42 Å². The number of halogens is 1. The lowest BCUT2D eigenvalue weighted by atomic mass is 9.90. The summed E-state index contributed by atoms with van der Waals surface area (Å²) in [5.74, 6) is -1.20. The number of benzene rings is 1. The lowest BCUT2D eigenvalue weighted by Crippen LogP contribution is -2.45. The second-order valence-electron chi connectivity index (χ2n) is 6.36. The summed E-state index contributed by atoms with van der Waals surface area (Å²) in [6.45, 7) is 4.73. The minimum Gasteiger partial charge on any atom is -0.481 e. The number of amides is 1. The number of carboxylic acid groups (broad SMARTS) is 1. The van der Waals surface area contributed by atoms with Crippen molar-refractivity contribution in [3.05, 3.63) is 34.0 Å². The van der Waals surface area contributed by atoms with Gasteiger partial charge in [0.15, 0.2) is 5.76 Å². The van der Waals surface area contributed by atoms with Gasteiger partial charge in [0, 0.05) is 18.5 Å². The third-order valence-corrected chi connectivity index (χ3v) is 4.81. The summed E-state index contributed by atoms with van der Waals surface area (Å²) in [5, 5.41) is 10.1. The Hall–Kier alpha value is -1.82. The molecule has 1 N–H and O–H groups in total. The van der Waals surface area contributed by atoms with E-state index in [-0.39, 0.29) is 24.1 Å². The van der Waals surface area contributed by atoms with Crippen LogP contribution in [0.3, 0.4) is 0 Å². The van der Waals surface area contributed by atoms with E-state index in [2.05, 4.69) is 15.9 Å². The number of piperidine rings is 1. The van der Waals surface area contributed by atoms with E-state index < -0.39 is 11.9 Å². The normalized spacial score (nSPS) is 21.6. The van der Waals surface area contributed by atoms with E-state index in [0.29, 0.717) is 18.5 Å². The molecular formula is C17H18BrNO4. The standard InChI is InChI=1S/C17H18BrNO4/c1-9-3-11-6-14(23-15(11)13(18)5-9)16(20)19-7-10(2)4-12(8-19)17(21)22/h3,5-6,10,12H,4,7-8H2,1-2H3,(H,21,22). The minimum absolute atomic E-state index is 0.159. The van der Waals surface area contributed by atoms with Gasteiger partial charge in [0.1, 0.15) is 5.58 Å². The van der Waals surface area contributed by atoms with Gasteiger partial charge >= 0.3 is 5.97 Å². The highest BCUT2D eigenvalue weighted by atomic mass is 79.9. The number of hydrogen-bond donors (Lipinski definition) is 1. The zero-order valence-electron chi connectivity index (χ0n) is 13.0. The van der Waals surface area contributed by atoms with Crippen molar-refractivity contribution in [3.8, 4) is 0 Å². The van der Waals surface area contributed by atoms with Crippen molar-refractivity contribution in [2.75, 3.05) is 13.1 Å². The fraction of sp³-hybridized carbons (Fsp3) is 0.412. The molecule has 0 aliphatic carbocycles. The quantitative estimate of drug-likeness (QED) is 0.863. The van der Waals surface area contributed by atoms with E-state index in [1.807, 2.05) is 26.0 Å². The van der Waals surface area contributed by atoms with Crippen molar-refractivity contribution < 1.29 is 19.1 Å². The summed E-state index contributed by atoms with van der Waals surface area (Å²) in [7, 11) is 0. The molecule has 2 unspecified atom stereocenters. The number of aliphatic carboxylic acids is 1. The number of carbonyl (C=O) groups is 2. The molecule has 0 radical (unpaired) electrons. The van der Waals surface area contributed by atoms with E-state index in [1.165, 1.54) is 0 Å². The molecule has 1 aromatic carbocycles. The predicted octanol–water partition coefficient (Wildman–Crippen LogP) is 3.69. The van der Waals surface area contributed by atoms with Crippen molar-refractivity contribution in [2.24, 2.45) is 11.8 Å². The number of likely N-dealkylation sites (tertiary alicyclic amines) is 1. The van der Waals surface area contributed by atoms with Crippen LogP contribution in [0.25, 0.3) is 11.0 Å². The highest BCUT2D eigenvalue weighted by Crippen LogP contribution is 2.30. The van der Waals surface area contributed by atoms with Crippen LogP contribution < -0.4 is 0 Å². The molecule has 1 fully saturated rings. The Morgan fingerprint density at radius 2 is 2.04 bits per heavy atom. The number of furan rings is 1. The number of aryl methyl sites for hydroxylation is 1. The van der Waals surface area contributed by atoms with Gasteiger partial charge in [-0.2, -0.15) is 0 Å². The lowest BCUT2D eigenvalue weighted by Gasteiger charge is -2.34. The Labute approximate surface area is 142 Å². The van der Waals surface area contributed by atoms with Crippen LogP contribution in [0.1, 0.15) is 29.5 Å². The third kappa shape index (κ3) is 3.13. The molecule has 5 nitrogen and oxygen atoms in total. The van der Waals surface area contributed by atoms with Crippen LogP contribution in [0, 0.1) is 18.8 Å². The van der Waals surface area contributed by atoms with E-state index >= 15 is 0 Å². The van der Waals surface area contributed by atoms with Crippen molar-refractivity contribution in [3.63, 3.8) is 0 Å². The van der Waals surface area contributed by atoms with Crippen LogP contribution in [0.15, 0.2) is 27.1 Å². The summed E-state index contributed by atoms with van der Waals surface area (Å²) < 4.78 is 6.52. The van der Waals surface area contributed by atoms with Gasteiger partial charge < -0.3 is 14.4 Å². The summed E-state index contributed by atoms with van der Waals surface area (Å²) in [6, 6.07) is 5.62. The Morgan fingerprint density at radius 1 is 1.30 bits per heavy atom. The molecule has 23 heavy (non-hydrogen) atoms. The Bertz CT molecular complexity index is 782. The first-order chi connectivity index (χ1) is 10.8. The molecule has 122 valence electrons. The fourth-order valence-corrected chi connectivity index (χ4v) is 3.88. The van der Waals surface area contributed by atoms with Gasteiger partial charge in [0.05, 0.1) is 10.4 Å². The first-order valence-electron chi connectivity index (χ1n) is 7.57. The fourth-order valence-electron chi connectivity index (χ4n) is 3.21. The van der Waals surface area contributed by atoms with Crippen LogP contribution >= 0.6 is 15.9 Å². The number of carbonyl (C=O) groups excluding carboxylic acids is 1. The molecule has 2 atom stereocenters. The molecule has 2 aromatic rings. The molecule has 6 heteroatoms. The molecule has 3 rings (SSSR count). The number of rotatable bonds is 2. The highest BCUT2D eigenvalue weighted by Gasteiger charge is 2.33. The van der Waals surface area contributed by atoms with Gasteiger partial charge in [0.2, 0.25) is 0 Å². The second-order valence-corrected chi connectivity index (χ2v) is 7.22. The summed E-state index contributed by atoms with van der Waals surface area (Å²) in [6.07, 6.45) is 0.601. The first-order valence-corrected chi connectivity index (χ1v) is 8.36. The largest absolute Gasteiger partial charge is 0.481 e. The highest BCUT2D eigenvalue weighted by molar-refractivity contribution is 9.10. The van der Waals surface area contributed by atoms with Gasteiger partial charge in [-0.05, 0) is 59.0 Å². The third-order valence-electron chi connectivity index (χ3n) is 4.22. The topological polar surface area (TPSA) is 70.8 Å². The molecule has 1 aromatic heterocycles. The summed E-state index contributed by atoms with van der Waals surface area (Å²) in [4.78, 5) is 25.6. The van der Waals surface area contributed by atoms with Crippen molar-refractivity contribution in [1.29, 1.82) is 0 Å². The molecular weight excluding hydrogens is 362 g/mol. The van der Waals surface area contributed by atoms with Gasteiger partial charge in [-0.15, -0.1) is 0 Å². The van der Waals surface area contributed by atoms with Crippen molar-refractivity contribution in [2.45, 2.75) is 20.3 Å². The Balaban J connectivity index is 1.90. The molecule has 0 spiro atoms. The van der Waals surface area contributed by atoms with E-state index in [1.54, 1.807) is 11.0 Å². The SMILES string of the molecule is Cc1cc(Br)c2oc(C(=O)N3CC(C)CC(C(=O)O)C3)cc2c1. The average Bonchev–Trinajstić information content (AvgIpc) is 2.89. The maximum Gasteiger partial charge on any atom is 0.308 e. The molecule has 1 aliphatic rings. The van der Waals surface area contributed by atoms with Crippen LogP contribution in [0.4, 0.5) is 0 Å². The zero-order valence-corrected chi connectivity index (χ0v) is 14.6. The number of hydrogen-bond acceptors (Lipinski definition) is 3. The van der Waals surface area contributed by atoms with E-state index in [0.717, 1.165) is 15.4 Å². The molecule has 0 bridgehead atoms. The molecule has 1 saturated heterocycles. The van der Waals surface area contributed by atoms with Gasteiger partial charge in [-0.1, -0.05) is 6.92 Å². The Morgan fingerprint density at radius 3 is 2.74 bits per heavy atom. The molecule has 2 heterocycles. The first kappa shape index (κ1) is 16.1. The molecule has 0 saturated carbocycles. The van der Waals surface area contributed by atoms with Crippen LogP contribution in [0.5, 0.6) is 0 Å². The second kappa shape index (κ2) is 6.00. The van der Waals surface area contributed by atoms with E-state index in [9.17, 15) is 14.7 Å². The van der Waals surface area contributed by atoms with Crippen molar-refractivity contribution in [1.82, 2.24) is 4.90 Å². The van der Waals surface area contributed by atoms with Crippen molar-refractivity contribution >= 4 is 38.8 Å². The predicted molar refractivity (Wildman–Crippen MR) is 89.5 cm³/mol. The maximum absolute atomic E-state index is 12.7. The smallest absolute Gasteiger partial charge is 0.308 e. The van der Waals surface area contributed by atoms with Gasteiger partial charge in [0.25, 0.3) is 5.91 Å². The number of nitrogens with zero attached hydrogens (tertiary/aromatic N) is 1.